The zero-order valence-electron chi connectivity index (χ0n) is 14.9. The van der Waals surface area contributed by atoms with Crippen LogP contribution in [-0.2, 0) is 13.1 Å². The van der Waals surface area contributed by atoms with Gasteiger partial charge in [-0.1, -0.05) is 25.5 Å². The Bertz CT molecular complexity index is 903. The number of H-pyrrole nitrogens is 1. The first-order chi connectivity index (χ1) is 12.4. The normalized spacial score (nSPS) is 10.7. The van der Waals surface area contributed by atoms with Crippen LogP contribution in [0.25, 0.3) is 0 Å². The van der Waals surface area contributed by atoms with Crippen LogP contribution in [0, 0.1) is 10.1 Å². The number of nitrogens with two attached hydrogens (primary N) is 1. The zero-order valence-corrected chi connectivity index (χ0v) is 14.9. The van der Waals surface area contributed by atoms with Gasteiger partial charge in [-0.2, -0.15) is 0 Å². The summed E-state index contributed by atoms with van der Waals surface area (Å²) in [4.78, 5) is 38.9. The Morgan fingerprint density at radius 1 is 1.31 bits per heavy atom. The Labute approximate surface area is 150 Å². The molecule has 0 saturated heterocycles. The first-order valence-electron chi connectivity index (χ1n) is 8.49. The third kappa shape index (κ3) is 4.11. The van der Waals surface area contributed by atoms with Gasteiger partial charge in [0.25, 0.3) is 11.2 Å². The highest BCUT2D eigenvalue weighted by atomic mass is 16.6. The molecule has 1 aromatic carbocycles. The van der Waals surface area contributed by atoms with E-state index in [1.807, 2.05) is 13.8 Å². The third-order valence-electron chi connectivity index (χ3n) is 4.14. The smallest absolute Gasteiger partial charge is 0.330 e. The fourth-order valence-corrected chi connectivity index (χ4v) is 2.76. The molecule has 140 valence electrons. The Hall–Kier alpha value is -3.10. The van der Waals surface area contributed by atoms with Crippen LogP contribution >= 0.6 is 0 Å². The van der Waals surface area contributed by atoms with Crippen molar-refractivity contribution in [3.63, 3.8) is 0 Å². The topological polar surface area (TPSA) is 127 Å². The number of aromatic nitrogens is 2. The average Bonchev–Trinajstić information content (AvgIpc) is 2.60. The molecule has 0 fully saturated rings. The summed E-state index contributed by atoms with van der Waals surface area (Å²) in [5.41, 5.74) is 5.89. The summed E-state index contributed by atoms with van der Waals surface area (Å²) < 4.78 is 1.36. The van der Waals surface area contributed by atoms with Crippen molar-refractivity contribution >= 4 is 17.2 Å². The molecule has 0 bridgehead atoms. The summed E-state index contributed by atoms with van der Waals surface area (Å²) in [6.07, 6.45) is 1.64. The molecule has 26 heavy (non-hydrogen) atoms. The molecule has 0 saturated carbocycles. The van der Waals surface area contributed by atoms with E-state index in [0.717, 1.165) is 12.8 Å². The van der Waals surface area contributed by atoms with Crippen molar-refractivity contribution in [3.05, 3.63) is 60.8 Å². The van der Waals surface area contributed by atoms with Gasteiger partial charge in [0.1, 0.15) is 11.5 Å². The lowest BCUT2D eigenvalue weighted by molar-refractivity contribution is -0.384. The maximum atomic E-state index is 12.4. The summed E-state index contributed by atoms with van der Waals surface area (Å²) in [6.45, 7) is 4.96. The predicted molar refractivity (Wildman–Crippen MR) is 100 cm³/mol. The number of nitrogen functional groups attached to an aromatic ring is 1. The average molecular weight is 361 g/mol. The minimum absolute atomic E-state index is 0.0200. The molecule has 0 radical (unpaired) electrons. The van der Waals surface area contributed by atoms with Gasteiger partial charge in [0, 0.05) is 31.8 Å². The second-order valence-corrected chi connectivity index (χ2v) is 5.94. The van der Waals surface area contributed by atoms with Crippen molar-refractivity contribution in [2.24, 2.45) is 0 Å². The van der Waals surface area contributed by atoms with Gasteiger partial charge in [-0.25, -0.2) is 4.79 Å². The van der Waals surface area contributed by atoms with Crippen molar-refractivity contribution < 1.29 is 4.92 Å². The minimum atomic E-state index is -0.562. The number of nitrogens with zero attached hydrogens (tertiary/aromatic N) is 3. The Morgan fingerprint density at radius 2 is 2.04 bits per heavy atom. The van der Waals surface area contributed by atoms with E-state index in [1.54, 1.807) is 17.0 Å². The summed E-state index contributed by atoms with van der Waals surface area (Å²) in [6, 6.07) is 6.20. The maximum Gasteiger partial charge on any atom is 0.330 e. The van der Waals surface area contributed by atoms with Gasteiger partial charge < -0.3 is 10.6 Å². The molecule has 0 aliphatic rings. The summed E-state index contributed by atoms with van der Waals surface area (Å²) in [7, 11) is 0. The predicted octanol–water partition coefficient (Wildman–Crippen LogP) is 1.85. The Balaban J connectivity index is 2.44. The van der Waals surface area contributed by atoms with Crippen LogP contribution in [0.4, 0.5) is 17.2 Å². The van der Waals surface area contributed by atoms with Crippen LogP contribution < -0.4 is 21.9 Å². The molecule has 0 unspecified atom stereocenters. The molecular weight excluding hydrogens is 338 g/mol. The number of unbranched alkanes of at least 4 members (excludes halogenated alkanes) is 1. The van der Waals surface area contributed by atoms with Gasteiger partial charge in [0.2, 0.25) is 0 Å². The molecule has 0 aliphatic carbocycles. The van der Waals surface area contributed by atoms with Crippen molar-refractivity contribution in [1.29, 1.82) is 0 Å². The van der Waals surface area contributed by atoms with E-state index in [4.69, 9.17) is 5.73 Å². The van der Waals surface area contributed by atoms with Gasteiger partial charge in [0.05, 0.1) is 4.92 Å². The molecule has 9 heteroatoms. The van der Waals surface area contributed by atoms with E-state index in [9.17, 15) is 19.7 Å². The van der Waals surface area contributed by atoms with E-state index >= 15 is 0 Å². The molecular formula is C17H23N5O4. The van der Waals surface area contributed by atoms with Crippen LogP contribution in [0.5, 0.6) is 0 Å². The molecule has 1 aromatic heterocycles. The standard InChI is InChI=1S/C17H23N5O4/c1-3-5-9-21-15(18)14(16(23)19-17(21)24)20(4-2)11-12-7-6-8-13(10-12)22(25)26/h6-8,10H,3-5,9,11,18H2,1-2H3,(H,19,23,24). The summed E-state index contributed by atoms with van der Waals surface area (Å²) in [5.74, 6) is 0.111. The number of non-ortho nitro benzene ring substituents is 1. The molecule has 0 atom stereocenters. The second-order valence-electron chi connectivity index (χ2n) is 5.94. The fourth-order valence-electron chi connectivity index (χ4n) is 2.76. The molecule has 2 rings (SSSR count). The monoisotopic (exact) mass is 361 g/mol. The molecule has 3 N–H and O–H groups in total. The van der Waals surface area contributed by atoms with Crippen LogP contribution in [0.1, 0.15) is 32.3 Å². The van der Waals surface area contributed by atoms with E-state index in [1.165, 1.54) is 16.7 Å². The number of nitro groups is 1. The lowest BCUT2D eigenvalue weighted by Gasteiger charge is -2.25. The number of nitro benzene ring substituents is 1. The van der Waals surface area contributed by atoms with Crippen molar-refractivity contribution in [3.8, 4) is 0 Å². The maximum absolute atomic E-state index is 12.4. The number of benzene rings is 1. The van der Waals surface area contributed by atoms with E-state index in [2.05, 4.69) is 4.98 Å². The molecule has 0 spiro atoms. The number of aromatic amines is 1. The third-order valence-corrected chi connectivity index (χ3v) is 4.14. The van der Waals surface area contributed by atoms with Crippen molar-refractivity contribution in [1.82, 2.24) is 9.55 Å². The fraction of sp³-hybridized carbons (Fsp3) is 0.412. The molecule has 9 nitrogen and oxygen atoms in total. The van der Waals surface area contributed by atoms with Gasteiger partial charge in [-0.3, -0.25) is 24.5 Å². The second kappa shape index (κ2) is 8.32. The number of nitrogens with one attached hydrogen (secondary N) is 1. The Morgan fingerprint density at radius 3 is 2.65 bits per heavy atom. The van der Waals surface area contributed by atoms with Crippen molar-refractivity contribution in [2.75, 3.05) is 17.2 Å². The van der Waals surface area contributed by atoms with Gasteiger partial charge >= 0.3 is 5.69 Å². The van der Waals surface area contributed by atoms with Crippen LogP contribution in [0.2, 0.25) is 0 Å². The lowest BCUT2D eigenvalue weighted by Crippen LogP contribution is -2.38. The van der Waals surface area contributed by atoms with Crippen LogP contribution in [0.15, 0.2) is 33.9 Å². The first-order valence-corrected chi connectivity index (χ1v) is 8.49. The quantitative estimate of drug-likeness (QED) is 0.545. The van der Waals surface area contributed by atoms with E-state index in [0.29, 0.717) is 18.7 Å². The number of hydrogen-bond acceptors (Lipinski definition) is 6. The Kier molecular flexibility index (Phi) is 6.16. The highest BCUT2D eigenvalue weighted by Gasteiger charge is 2.18. The minimum Gasteiger partial charge on any atom is -0.383 e. The molecule has 2 aromatic rings. The SMILES string of the molecule is CCCCn1c(N)c(N(CC)Cc2cccc([N+](=O)[O-])c2)c(=O)[nH]c1=O. The molecule has 0 aliphatic heterocycles. The van der Waals surface area contributed by atoms with Crippen LogP contribution in [0.3, 0.4) is 0 Å². The van der Waals surface area contributed by atoms with Crippen molar-refractivity contribution in [2.45, 2.75) is 39.8 Å². The van der Waals surface area contributed by atoms with Gasteiger partial charge in [-0.15, -0.1) is 0 Å². The lowest BCUT2D eigenvalue weighted by atomic mass is 10.2. The number of rotatable bonds is 8. The number of anilines is 2. The molecule has 0 amide bonds. The first kappa shape index (κ1) is 19.2. The summed E-state index contributed by atoms with van der Waals surface area (Å²) in [5, 5.41) is 10.9. The summed E-state index contributed by atoms with van der Waals surface area (Å²) >= 11 is 0. The van der Waals surface area contributed by atoms with E-state index < -0.39 is 16.2 Å². The van der Waals surface area contributed by atoms with Crippen LogP contribution in [-0.4, -0.2) is 21.0 Å². The van der Waals surface area contributed by atoms with Gasteiger partial charge in [-0.05, 0) is 18.9 Å². The highest BCUT2D eigenvalue weighted by Crippen LogP contribution is 2.21. The largest absolute Gasteiger partial charge is 0.383 e. The zero-order chi connectivity index (χ0) is 19.3. The van der Waals surface area contributed by atoms with E-state index in [-0.39, 0.29) is 23.7 Å². The number of hydrogen-bond donors (Lipinski definition) is 2. The molecule has 1 heterocycles. The van der Waals surface area contributed by atoms with Gasteiger partial charge in [0.15, 0.2) is 0 Å². The highest BCUT2D eigenvalue weighted by molar-refractivity contribution is 5.62.